The smallest absolute Gasteiger partial charge is 0.410 e. The lowest BCUT2D eigenvalue weighted by atomic mass is 10.1. The number of amides is 1. The van der Waals surface area contributed by atoms with Crippen molar-refractivity contribution >= 4 is 28.8 Å². The molecule has 0 aliphatic carbocycles. The largest absolute Gasteiger partial charge is 0.444 e. The van der Waals surface area contributed by atoms with Crippen molar-refractivity contribution in [1.29, 1.82) is 0 Å². The standard InChI is InChI=1S/C19H24FN3O3S/c1-19(2,3)26-18(25)23-8-6-13(7-9-23)27-11-16-21-15-10-12(20)4-5-14(15)17(24)22-16/h4-5,10,13H,6-9,11H2,1-3H3,(H,21,22,24). The van der Waals surface area contributed by atoms with Gasteiger partial charge in [-0.1, -0.05) is 0 Å². The van der Waals surface area contributed by atoms with Crippen LogP contribution in [0.15, 0.2) is 23.0 Å². The van der Waals surface area contributed by atoms with Gasteiger partial charge in [-0.05, 0) is 45.7 Å². The zero-order valence-electron chi connectivity index (χ0n) is 15.8. The number of rotatable bonds is 3. The number of hydrogen-bond donors (Lipinski definition) is 1. The Morgan fingerprint density at radius 1 is 1.37 bits per heavy atom. The second-order valence-corrected chi connectivity index (χ2v) is 8.94. The van der Waals surface area contributed by atoms with Gasteiger partial charge in [0.25, 0.3) is 5.56 Å². The summed E-state index contributed by atoms with van der Waals surface area (Å²) in [6.45, 7) is 6.88. The SMILES string of the molecule is CC(C)(C)OC(=O)N1CCC(SCc2nc3cc(F)ccc3c(=O)[nH]2)CC1. The molecule has 0 bridgehead atoms. The van der Waals surface area contributed by atoms with E-state index in [0.717, 1.165) is 12.8 Å². The number of nitrogens with zero attached hydrogens (tertiary/aromatic N) is 2. The van der Waals surface area contributed by atoms with Gasteiger partial charge in [-0.2, -0.15) is 11.8 Å². The number of fused-ring (bicyclic) bond motifs is 1. The molecule has 2 heterocycles. The number of H-pyrrole nitrogens is 1. The third-order valence-corrected chi connectivity index (χ3v) is 5.65. The number of likely N-dealkylation sites (tertiary alicyclic amines) is 1. The van der Waals surface area contributed by atoms with Gasteiger partial charge in [0, 0.05) is 24.4 Å². The highest BCUT2D eigenvalue weighted by Gasteiger charge is 2.27. The average Bonchev–Trinajstić information content (AvgIpc) is 2.58. The number of carbonyl (C=O) groups excluding carboxylic acids is 1. The van der Waals surface area contributed by atoms with Crippen LogP contribution in [0.2, 0.25) is 0 Å². The molecule has 6 nitrogen and oxygen atoms in total. The Kier molecular flexibility index (Phi) is 5.74. The Hall–Kier alpha value is -2.09. The Morgan fingerprint density at radius 3 is 2.74 bits per heavy atom. The summed E-state index contributed by atoms with van der Waals surface area (Å²) >= 11 is 1.69. The van der Waals surface area contributed by atoms with Crippen LogP contribution in [0.3, 0.4) is 0 Å². The van der Waals surface area contributed by atoms with Crippen molar-refractivity contribution < 1.29 is 13.9 Å². The van der Waals surface area contributed by atoms with E-state index in [0.29, 0.717) is 40.8 Å². The molecular weight excluding hydrogens is 369 g/mol. The monoisotopic (exact) mass is 393 g/mol. The highest BCUT2D eigenvalue weighted by molar-refractivity contribution is 7.99. The molecule has 1 aliphatic rings. The number of aromatic amines is 1. The first-order valence-electron chi connectivity index (χ1n) is 8.99. The van der Waals surface area contributed by atoms with Gasteiger partial charge in [0.2, 0.25) is 0 Å². The van der Waals surface area contributed by atoms with E-state index in [-0.39, 0.29) is 11.7 Å². The third-order valence-electron chi connectivity index (χ3n) is 4.27. The zero-order valence-corrected chi connectivity index (χ0v) is 16.6. The normalized spacial score (nSPS) is 15.9. The Bertz CT molecular complexity index is 886. The van der Waals surface area contributed by atoms with Gasteiger partial charge in [0.1, 0.15) is 17.2 Å². The van der Waals surface area contributed by atoms with Crippen molar-refractivity contribution in [1.82, 2.24) is 14.9 Å². The molecular formula is C19H24FN3O3S. The maximum Gasteiger partial charge on any atom is 0.410 e. The molecule has 1 fully saturated rings. The first-order valence-corrected chi connectivity index (χ1v) is 10.0. The molecule has 3 rings (SSSR count). The fraction of sp³-hybridized carbons (Fsp3) is 0.526. The Labute approximate surface area is 161 Å². The number of hydrogen-bond acceptors (Lipinski definition) is 5. The molecule has 1 aromatic carbocycles. The van der Waals surface area contributed by atoms with Crippen LogP contribution in [0.1, 0.15) is 39.4 Å². The van der Waals surface area contributed by atoms with Gasteiger partial charge in [0.15, 0.2) is 0 Å². The minimum atomic E-state index is -0.490. The minimum absolute atomic E-state index is 0.254. The maximum absolute atomic E-state index is 13.4. The van der Waals surface area contributed by atoms with Crippen molar-refractivity contribution in [2.45, 2.75) is 50.2 Å². The first-order chi connectivity index (χ1) is 12.7. The van der Waals surface area contributed by atoms with E-state index in [4.69, 9.17) is 4.74 Å². The fourth-order valence-electron chi connectivity index (χ4n) is 2.96. The van der Waals surface area contributed by atoms with Gasteiger partial charge < -0.3 is 14.6 Å². The molecule has 1 aromatic heterocycles. The molecule has 0 atom stereocenters. The summed E-state index contributed by atoms with van der Waals surface area (Å²) in [5.41, 5.74) is -0.375. The van der Waals surface area contributed by atoms with Crippen LogP contribution < -0.4 is 5.56 Å². The highest BCUT2D eigenvalue weighted by Crippen LogP contribution is 2.26. The second-order valence-electron chi connectivity index (χ2n) is 7.65. The summed E-state index contributed by atoms with van der Waals surface area (Å²) in [4.78, 5) is 33.1. The predicted molar refractivity (Wildman–Crippen MR) is 104 cm³/mol. The Morgan fingerprint density at radius 2 is 2.07 bits per heavy atom. The third kappa shape index (κ3) is 5.22. The van der Waals surface area contributed by atoms with Crippen LogP contribution in [-0.4, -0.2) is 44.9 Å². The van der Waals surface area contributed by atoms with Crippen molar-refractivity contribution in [2.24, 2.45) is 0 Å². The Balaban J connectivity index is 1.55. The van der Waals surface area contributed by atoms with Crippen molar-refractivity contribution in [2.75, 3.05) is 13.1 Å². The number of ether oxygens (including phenoxy) is 1. The van der Waals surface area contributed by atoms with E-state index < -0.39 is 11.4 Å². The van der Waals surface area contributed by atoms with E-state index in [1.165, 1.54) is 18.2 Å². The molecule has 1 saturated heterocycles. The predicted octanol–water partition coefficient (Wildman–Crippen LogP) is 3.69. The molecule has 146 valence electrons. The highest BCUT2D eigenvalue weighted by atomic mass is 32.2. The lowest BCUT2D eigenvalue weighted by Crippen LogP contribution is -2.42. The van der Waals surface area contributed by atoms with E-state index in [2.05, 4.69) is 9.97 Å². The summed E-state index contributed by atoms with van der Waals surface area (Å²) in [5, 5.41) is 0.757. The molecule has 8 heteroatoms. The van der Waals surface area contributed by atoms with Crippen LogP contribution in [0.5, 0.6) is 0 Å². The number of carbonyl (C=O) groups is 1. The van der Waals surface area contributed by atoms with Gasteiger partial charge >= 0.3 is 6.09 Å². The van der Waals surface area contributed by atoms with Crippen LogP contribution in [0.25, 0.3) is 10.9 Å². The molecule has 1 amide bonds. The molecule has 0 saturated carbocycles. The van der Waals surface area contributed by atoms with Crippen LogP contribution in [0.4, 0.5) is 9.18 Å². The van der Waals surface area contributed by atoms with Gasteiger partial charge in [0.05, 0.1) is 16.7 Å². The van der Waals surface area contributed by atoms with Crippen LogP contribution in [0, 0.1) is 5.82 Å². The molecule has 0 radical (unpaired) electrons. The second kappa shape index (κ2) is 7.88. The van der Waals surface area contributed by atoms with Gasteiger partial charge in [-0.3, -0.25) is 4.79 Å². The number of thioether (sulfide) groups is 1. The summed E-state index contributed by atoms with van der Waals surface area (Å²) in [6.07, 6.45) is 1.45. The first kappa shape index (κ1) is 19.7. The number of benzene rings is 1. The summed E-state index contributed by atoms with van der Waals surface area (Å²) in [5.74, 6) is 0.671. The molecule has 0 spiro atoms. The lowest BCUT2D eigenvalue weighted by molar-refractivity contribution is 0.0219. The number of aromatic nitrogens is 2. The van der Waals surface area contributed by atoms with Crippen LogP contribution >= 0.6 is 11.8 Å². The van der Waals surface area contributed by atoms with E-state index in [1.807, 2.05) is 20.8 Å². The molecule has 0 unspecified atom stereocenters. The number of piperidine rings is 1. The van der Waals surface area contributed by atoms with Crippen LogP contribution in [-0.2, 0) is 10.5 Å². The summed E-state index contributed by atoms with van der Waals surface area (Å²) < 4.78 is 18.8. The van der Waals surface area contributed by atoms with Crippen molar-refractivity contribution in [3.8, 4) is 0 Å². The zero-order chi connectivity index (χ0) is 19.6. The quantitative estimate of drug-likeness (QED) is 0.861. The molecule has 1 N–H and O–H groups in total. The van der Waals surface area contributed by atoms with Gasteiger partial charge in [-0.15, -0.1) is 0 Å². The minimum Gasteiger partial charge on any atom is -0.444 e. The average molecular weight is 393 g/mol. The van der Waals surface area contributed by atoms with E-state index in [9.17, 15) is 14.0 Å². The summed E-state index contributed by atoms with van der Waals surface area (Å²) in [7, 11) is 0. The topological polar surface area (TPSA) is 75.3 Å². The maximum atomic E-state index is 13.4. The van der Waals surface area contributed by atoms with Crippen molar-refractivity contribution in [3.63, 3.8) is 0 Å². The number of nitrogens with one attached hydrogen (secondary N) is 1. The molecule has 27 heavy (non-hydrogen) atoms. The van der Waals surface area contributed by atoms with Crippen molar-refractivity contribution in [3.05, 3.63) is 40.2 Å². The summed E-state index contributed by atoms with van der Waals surface area (Å²) in [6, 6.07) is 3.98. The van der Waals surface area contributed by atoms with Gasteiger partial charge in [-0.25, -0.2) is 14.2 Å². The van der Waals surface area contributed by atoms with E-state index >= 15 is 0 Å². The number of halogens is 1. The molecule has 1 aliphatic heterocycles. The molecule has 2 aromatic rings. The van der Waals surface area contributed by atoms with E-state index in [1.54, 1.807) is 16.7 Å². The fourth-order valence-corrected chi connectivity index (χ4v) is 4.03. The lowest BCUT2D eigenvalue weighted by Gasteiger charge is -2.33.